The maximum atomic E-state index is 12.7. The number of pyridine rings is 6. The van der Waals surface area contributed by atoms with E-state index in [4.69, 9.17) is 25.0 Å². The summed E-state index contributed by atoms with van der Waals surface area (Å²) in [5, 5.41) is 23.5. The van der Waals surface area contributed by atoms with Crippen LogP contribution in [0.4, 0.5) is 0 Å². The van der Waals surface area contributed by atoms with Gasteiger partial charge in [-0.25, -0.2) is 24.9 Å². The molecule has 0 spiro atoms. The summed E-state index contributed by atoms with van der Waals surface area (Å²) < 4.78 is 10.7. The normalized spacial score (nSPS) is 11.9. The minimum atomic E-state index is -0.187. The molecule has 0 bridgehead atoms. The molecular weight excluding hydrogens is 1700 g/mol. The molecule has 0 aliphatic carbocycles. The molecule has 18 heterocycles. The molecule has 17 aromatic heterocycles. The number of hydrogen-bond donors (Lipinski definition) is 5. The number of likely N-dealkylation sites (N-methyl/N-ethyl adjacent to an activating group) is 1. The van der Waals surface area contributed by atoms with E-state index in [2.05, 4.69) is 130 Å². The van der Waals surface area contributed by atoms with Gasteiger partial charge in [0.2, 0.25) is 0 Å². The van der Waals surface area contributed by atoms with Crippen LogP contribution in [0, 0.1) is 18.3 Å². The average molecular weight is 1780 g/mol. The first-order valence-corrected chi connectivity index (χ1v) is 45.1. The van der Waals surface area contributed by atoms with Crippen molar-refractivity contribution in [2.45, 2.75) is 46.1 Å². The first-order chi connectivity index (χ1) is 62.4. The monoisotopic (exact) mass is 1780 g/mol. The lowest BCUT2D eigenvalue weighted by molar-refractivity contribution is 0.261. The smallest absolute Gasteiger partial charge is 0.269 e. The van der Waals surface area contributed by atoms with Gasteiger partial charge in [-0.3, -0.25) is 63.5 Å². The van der Waals surface area contributed by atoms with E-state index in [1.54, 1.807) is 66.3 Å². The molecule has 20 aromatic rings. The molecule has 21 rings (SSSR count). The number of thiophene rings is 5. The van der Waals surface area contributed by atoms with Crippen molar-refractivity contribution in [3.8, 4) is 125 Å². The Balaban J connectivity index is 0.000000113. The van der Waals surface area contributed by atoms with Crippen LogP contribution in [0.3, 0.4) is 0 Å². The Bertz CT molecular complexity index is 7730. The molecule has 1 saturated heterocycles. The summed E-state index contributed by atoms with van der Waals surface area (Å²) >= 11 is 6.98. The molecule has 1 aliphatic rings. The van der Waals surface area contributed by atoms with Crippen LogP contribution >= 0.6 is 56.7 Å². The molecule has 0 unspecified atom stereocenters. The third-order valence-corrected chi connectivity index (χ3v) is 25.6. The van der Waals surface area contributed by atoms with Crippen LogP contribution in [0.5, 0.6) is 5.75 Å². The standard InChI is InChI=1S/C23H22N4OS.C21H20N4O2S.C18H17N5OS.C18H10N4OS.C16H10N4OS/c1-15-7-8-16(13-27-10-4-5-11-27)12-17(15)18-14-29-21-20(18)25-22(26-23(21)28)19-6-2-3-9-24-19;1-25(2)10-11-27-15-7-5-6-14(12-15)16-13-28-19-18(16)23-20(24-21(19)26)17-8-3-4-9-22-17;1-10(2)14-11(8-23(3)22-14)12-9-25-16-15(12)20-17(21-18(16)24)13-6-4-5-7-19-13;19-9-11-4-3-5-12(8-11)13-10-24-16-15(13)21-17(22-18(16)23)14-6-1-2-7-20-14;21-16-14-13(11(9-22-14)10-4-3-6-17-8-10)19-15(20-16)12-5-1-2-7-18-12/h2-3,6-9,12,14H,4-5,10-11,13H2,1H3,(H,25,26,28);3-9,12-13H,10-11H2,1-2H3,(H,23,24,26);4-10H,1-3H3,(H,20,21,24);1-8,10H,(H,21,22,23);1-9H,(H,19,20,21). The fourth-order valence-corrected chi connectivity index (χ4v) is 19.1. The molecule has 1 fully saturated rings. The fraction of sp³-hybridized carbons (Fsp3) is 0.146. The molecule has 3 aromatic carbocycles. The number of nitriles is 1. The summed E-state index contributed by atoms with van der Waals surface area (Å²) in [5.74, 6) is 3.44. The van der Waals surface area contributed by atoms with Gasteiger partial charge < -0.3 is 34.6 Å². The number of nitrogens with one attached hydrogen (secondary N) is 5. The Morgan fingerprint density at radius 1 is 0.445 bits per heavy atom. The number of aromatic nitrogens is 18. The zero-order valence-corrected chi connectivity index (χ0v) is 73.9. The van der Waals surface area contributed by atoms with E-state index in [0.717, 1.165) is 85.7 Å². The van der Waals surface area contributed by atoms with E-state index < -0.39 is 0 Å². The molecule has 0 atom stereocenters. The Morgan fingerprint density at radius 3 is 1.24 bits per heavy atom. The van der Waals surface area contributed by atoms with Crippen molar-refractivity contribution < 1.29 is 4.74 Å². The Hall–Kier alpha value is -14.8. The van der Waals surface area contributed by atoms with Gasteiger partial charge in [0.15, 0.2) is 29.1 Å². The topological polar surface area (TPSA) is 363 Å². The number of hydrogen-bond acceptors (Lipinski definition) is 26. The summed E-state index contributed by atoms with van der Waals surface area (Å²) in [5.41, 5.74) is 19.6. The van der Waals surface area contributed by atoms with Gasteiger partial charge >= 0.3 is 0 Å². The third-order valence-electron chi connectivity index (χ3n) is 20.8. The minimum Gasteiger partial charge on any atom is -0.492 e. The van der Waals surface area contributed by atoms with Crippen LogP contribution in [0.25, 0.3) is 164 Å². The molecule has 0 radical (unpaired) electrons. The highest BCUT2D eigenvalue weighted by Gasteiger charge is 2.24. The molecule has 1 aliphatic heterocycles. The van der Waals surface area contributed by atoms with Crippen LogP contribution in [0.2, 0.25) is 0 Å². The molecule has 5 N–H and O–H groups in total. The zero-order valence-electron chi connectivity index (χ0n) is 69.8. The quantitative estimate of drug-likeness (QED) is 0.0565. The number of rotatable bonds is 17. The van der Waals surface area contributed by atoms with Gasteiger partial charge in [0.1, 0.15) is 64.3 Å². The van der Waals surface area contributed by atoms with Gasteiger partial charge in [-0.1, -0.05) is 86.6 Å². The van der Waals surface area contributed by atoms with Crippen molar-refractivity contribution in [2.75, 3.05) is 40.3 Å². The SMILES string of the molecule is CC(C)c1nn(C)cc1-c1csc2c(=O)[nH]c(-c3ccccn3)nc12.CN(C)CCOc1cccc(-c2csc3c(=O)[nH]c(-c4ccccn4)nc23)c1.Cc1ccc(CN2CCCC2)cc1-c1csc2c(=O)[nH]c(-c3ccccn3)nc12.N#Cc1cccc(-c2csc3c(=O)[nH]c(-c4ccccn4)nc23)c1.O=c1[nH]c(-c2ccccn2)nc2c(-c3cccnc3)csc12. The highest BCUT2D eigenvalue weighted by molar-refractivity contribution is 7.19. The van der Waals surface area contributed by atoms with Crippen molar-refractivity contribution in [3.63, 3.8) is 0 Å². The number of nitrogens with zero attached hydrogens (tertiary/aromatic N) is 16. The van der Waals surface area contributed by atoms with E-state index in [1.807, 2.05) is 182 Å². The predicted molar refractivity (Wildman–Crippen MR) is 511 cm³/mol. The van der Waals surface area contributed by atoms with Crippen LogP contribution in [0.15, 0.2) is 270 Å². The summed E-state index contributed by atoms with van der Waals surface area (Å²) in [6.07, 6.45) is 16.5. The van der Waals surface area contributed by atoms with Gasteiger partial charge in [-0.2, -0.15) is 10.4 Å². The Morgan fingerprint density at radius 2 is 0.844 bits per heavy atom. The van der Waals surface area contributed by atoms with E-state index in [-0.39, 0.29) is 33.7 Å². The van der Waals surface area contributed by atoms with Gasteiger partial charge in [0.25, 0.3) is 27.8 Å². The number of H-pyrrole nitrogens is 5. The summed E-state index contributed by atoms with van der Waals surface area (Å²) in [6.45, 7) is 11.1. The lowest BCUT2D eigenvalue weighted by Gasteiger charge is -2.16. The van der Waals surface area contributed by atoms with Gasteiger partial charge in [0, 0.05) is 136 Å². The van der Waals surface area contributed by atoms with E-state index in [9.17, 15) is 24.0 Å². The lowest BCUT2D eigenvalue weighted by atomic mass is 9.99. The van der Waals surface area contributed by atoms with Crippen molar-refractivity contribution in [3.05, 3.63) is 320 Å². The second kappa shape index (κ2) is 38.7. The minimum absolute atomic E-state index is 0.113. The zero-order chi connectivity index (χ0) is 88.3. The van der Waals surface area contributed by atoms with E-state index in [1.165, 1.54) is 93.7 Å². The number of aryl methyl sites for hydroxylation is 2. The number of benzene rings is 3. The summed E-state index contributed by atoms with van der Waals surface area (Å²) in [4.78, 5) is 130. The number of ether oxygens (including phenoxy) is 1. The van der Waals surface area contributed by atoms with Gasteiger partial charge in [0.05, 0.1) is 44.9 Å². The first kappa shape index (κ1) is 85.4. The predicted octanol–water partition coefficient (Wildman–Crippen LogP) is 18.5. The molecule has 0 saturated carbocycles. The van der Waals surface area contributed by atoms with Crippen molar-refractivity contribution in [1.29, 1.82) is 5.26 Å². The fourth-order valence-electron chi connectivity index (χ4n) is 14.5. The third kappa shape index (κ3) is 19.0. The van der Waals surface area contributed by atoms with Crippen molar-refractivity contribution >= 4 is 108 Å². The van der Waals surface area contributed by atoms with E-state index >= 15 is 0 Å². The molecular formula is C96H79N21O6S5. The molecule has 27 nitrogen and oxygen atoms in total. The van der Waals surface area contributed by atoms with Gasteiger partial charge in [-0.05, 0) is 178 Å². The molecule has 128 heavy (non-hydrogen) atoms. The summed E-state index contributed by atoms with van der Waals surface area (Å²) in [6, 6.07) is 55.4. The number of fused-ring (bicyclic) bond motifs is 5. The second-order valence-electron chi connectivity index (χ2n) is 30.3. The van der Waals surface area contributed by atoms with E-state index in [0.29, 0.717) is 115 Å². The highest BCUT2D eigenvalue weighted by Crippen LogP contribution is 2.40. The van der Waals surface area contributed by atoms with Crippen LogP contribution in [-0.2, 0) is 13.6 Å². The van der Waals surface area contributed by atoms with Gasteiger partial charge in [-0.15, -0.1) is 56.7 Å². The molecule has 32 heteroatoms. The first-order valence-electron chi connectivity index (χ1n) is 40.7. The van der Waals surface area contributed by atoms with Crippen LogP contribution in [-0.4, -0.2) is 140 Å². The lowest BCUT2D eigenvalue weighted by Crippen LogP contribution is -2.19. The molecule has 0 amide bonds. The Kier molecular flexibility index (Phi) is 25.8. The Labute approximate surface area is 750 Å². The van der Waals surface area contributed by atoms with Crippen molar-refractivity contribution in [1.82, 2.24) is 99.3 Å². The maximum absolute atomic E-state index is 12.7. The van der Waals surface area contributed by atoms with Crippen molar-refractivity contribution in [2.24, 2.45) is 7.05 Å². The number of likely N-dealkylation sites (tertiary alicyclic amines) is 1. The molecule has 634 valence electrons. The summed E-state index contributed by atoms with van der Waals surface area (Å²) in [7, 11) is 5.93. The average Bonchev–Trinajstić information content (AvgIpc) is 1.64. The largest absolute Gasteiger partial charge is 0.492 e. The van der Waals surface area contributed by atoms with Crippen LogP contribution in [0.1, 0.15) is 55.0 Å². The highest BCUT2D eigenvalue weighted by atomic mass is 32.1. The number of aromatic amines is 5. The van der Waals surface area contributed by atoms with Crippen LogP contribution < -0.4 is 32.5 Å². The maximum Gasteiger partial charge on any atom is 0.269 e. The second-order valence-corrected chi connectivity index (χ2v) is 34.7.